The molecule has 8 nitrogen and oxygen atoms in total. The monoisotopic (exact) mass is 480 g/mol. The highest BCUT2D eigenvalue weighted by Gasteiger charge is 2.24. The van der Waals surface area contributed by atoms with Gasteiger partial charge in [-0.2, -0.15) is 0 Å². The van der Waals surface area contributed by atoms with Crippen LogP contribution in [0.3, 0.4) is 0 Å². The second-order valence-corrected chi connectivity index (χ2v) is 10.4. The van der Waals surface area contributed by atoms with E-state index in [0.717, 1.165) is 23.9 Å². The van der Waals surface area contributed by atoms with Crippen molar-refractivity contribution in [2.45, 2.75) is 30.6 Å². The number of nitrogens with one attached hydrogen (secondary N) is 1. The molecule has 2 N–H and O–H groups in total. The predicted molar refractivity (Wildman–Crippen MR) is 127 cm³/mol. The van der Waals surface area contributed by atoms with Gasteiger partial charge < -0.3 is 15.2 Å². The number of nitrogens with zero attached hydrogens (tertiary/aromatic N) is 1. The van der Waals surface area contributed by atoms with Gasteiger partial charge in [-0.3, -0.25) is 4.79 Å². The maximum absolute atomic E-state index is 11.8. The summed E-state index contributed by atoms with van der Waals surface area (Å²) in [6, 6.07) is 14.8. The third kappa shape index (κ3) is 5.79. The number of ketones is 1. The number of carbonyl (C=O) groups excluding carboxylic acids is 1. The number of benzene rings is 2. The van der Waals surface area contributed by atoms with Gasteiger partial charge >= 0.3 is 5.97 Å². The zero-order chi connectivity index (χ0) is 24.3. The van der Waals surface area contributed by atoms with Crippen molar-refractivity contribution in [3.05, 3.63) is 71.9 Å². The van der Waals surface area contributed by atoms with Crippen LogP contribution in [0.25, 0.3) is 0 Å². The first kappa shape index (κ1) is 23.4. The molecule has 176 valence electrons. The van der Waals surface area contributed by atoms with Gasteiger partial charge in [0, 0.05) is 31.0 Å². The van der Waals surface area contributed by atoms with Gasteiger partial charge in [-0.05, 0) is 78.9 Å². The molecule has 1 saturated carbocycles. The Morgan fingerprint density at radius 1 is 1.15 bits per heavy atom. The average Bonchev–Trinajstić information content (AvgIpc) is 3.20. The number of carboxylic acids is 1. The summed E-state index contributed by atoms with van der Waals surface area (Å²) in [4.78, 5) is 27.2. The maximum Gasteiger partial charge on any atom is 0.337 e. The summed E-state index contributed by atoms with van der Waals surface area (Å²) in [5, 5.41) is 12.2. The molecule has 1 aromatic heterocycles. The number of carbonyl (C=O) groups is 2. The molecule has 34 heavy (non-hydrogen) atoms. The summed E-state index contributed by atoms with van der Waals surface area (Å²) in [5.41, 5.74) is 1.75. The van der Waals surface area contributed by atoms with Crippen molar-refractivity contribution >= 4 is 33.1 Å². The molecule has 2 aromatic carbocycles. The lowest BCUT2D eigenvalue weighted by Crippen LogP contribution is -2.04. The first-order valence-electron chi connectivity index (χ1n) is 10.8. The lowest BCUT2D eigenvalue weighted by molar-refractivity contribution is -0.117. The fourth-order valence-corrected chi connectivity index (χ4v) is 4.55. The lowest BCUT2D eigenvalue weighted by atomic mass is 9.97. The van der Waals surface area contributed by atoms with Crippen LogP contribution in [0, 0.1) is 5.92 Å². The standard InChI is InChI=1S/C25H24N2O6S/c1-34(31,32)22-8-6-21(7-9-22)33-23-10-4-19(14-18(23)12-16-2-5-20(28)13-16)27-24-11-3-17(15-26-24)25(29)30/h3-4,6-11,14-16H,2,5,12-13H2,1H3,(H,26,27)(H,29,30). The zero-order valence-electron chi connectivity index (χ0n) is 18.5. The quantitative estimate of drug-likeness (QED) is 0.478. The topological polar surface area (TPSA) is 123 Å². The number of sulfone groups is 1. The first-order valence-corrected chi connectivity index (χ1v) is 12.7. The lowest BCUT2D eigenvalue weighted by Gasteiger charge is -2.16. The van der Waals surface area contributed by atoms with Crippen LogP contribution in [-0.2, 0) is 21.1 Å². The molecular weight excluding hydrogens is 456 g/mol. The van der Waals surface area contributed by atoms with E-state index in [1.54, 1.807) is 18.2 Å². The molecule has 1 fully saturated rings. The number of hydrogen-bond donors (Lipinski definition) is 2. The third-order valence-corrected chi connectivity index (χ3v) is 6.81. The van der Waals surface area contributed by atoms with E-state index in [4.69, 9.17) is 9.84 Å². The fraction of sp³-hybridized carbons (Fsp3) is 0.240. The van der Waals surface area contributed by atoms with E-state index in [1.165, 1.54) is 24.4 Å². The number of ether oxygens (including phenoxy) is 1. The van der Waals surface area contributed by atoms with Crippen LogP contribution in [0.2, 0.25) is 0 Å². The SMILES string of the molecule is CS(=O)(=O)c1ccc(Oc2ccc(Nc3ccc(C(=O)O)cn3)cc2CC2CCC(=O)C2)cc1. The Hall–Kier alpha value is -3.72. The summed E-state index contributed by atoms with van der Waals surface area (Å²) < 4.78 is 29.5. The van der Waals surface area contributed by atoms with E-state index in [2.05, 4.69) is 10.3 Å². The molecule has 1 atom stereocenters. The van der Waals surface area contributed by atoms with Crippen molar-refractivity contribution in [3.63, 3.8) is 0 Å². The zero-order valence-corrected chi connectivity index (χ0v) is 19.3. The molecule has 0 radical (unpaired) electrons. The smallest absolute Gasteiger partial charge is 0.337 e. The van der Waals surface area contributed by atoms with E-state index in [1.807, 2.05) is 18.2 Å². The summed E-state index contributed by atoms with van der Waals surface area (Å²) in [7, 11) is -3.30. The Morgan fingerprint density at radius 2 is 1.91 bits per heavy atom. The second kappa shape index (κ2) is 9.64. The number of pyridine rings is 1. The van der Waals surface area contributed by atoms with Crippen LogP contribution in [-0.4, -0.2) is 36.5 Å². The van der Waals surface area contributed by atoms with Gasteiger partial charge in [0.05, 0.1) is 10.5 Å². The van der Waals surface area contributed by atoms with Crippen LogP contribution >= 0.6 is 0 Å². The number of carboxylic acid groups (broad SMARTS) is 1. The number of aromatic nitrogens is 1. The van der Waals surface area contributed by atoms with Gasteiger partial charge in [0.1, 0.15) is 23.1 Å². The predicted octanol–water partition coefficient (Wildman–Crippen LogP) is 4.63. The summed E-state index contributed by atoms with van der Waals surface area (Å²) in [5.74, 6) is 1.07. The van der Waals surface area contributed by atoms with Crippen molar-refractivity contribution < 1.29 is 27.9 Å². The normalized spacial score (nSPS) is 15.8. The van der Waals surface area contributed by atoms with Crippen LogP contribution in [0.4, 0.5) is 11.5 Å². The number of hydrogen-bond acceptors (Lipinski definition) is 7. The molecular formula is C25H24N2O6S. The van der Waals surface area contributed by atoms with Crippen molar-refractivity contribution in [1.82, 2.24) is 4.98 Å². The molecule has 1 aliphatic rings. The van der Waals surface area contributed by atoms with E-state index in [0.29, 0.717) is 36.6 Å². The minimum absolute atomic E-state index is 0.0998. The Balaban J connectivity index is 1.58. The van der Waals surface area contributed by atoms with E-state index in [9.17, 15) is 18.0 Å². The van der Waals surface area contributed by atoms with E-state index >= 15 is 0 Å². The van der Waals surface area contributed by atoms with Crippen LogP contribution in [0.15, 0.2) is 65.7 Å². The molecule has 0 bridgehead atoms. The number of rotatable bonds is 8. The molecule has 3 aromatic rings. The molecule has 0 aliphatic heterocycles. The Kier molecular flexibility index (Phi) is 6.65. The molecule has 4 rings (SSSR count). The summed E-state index contributed by atoms with van der Waals surface area (Å²) >= 11 is 0. The largest absolute Gasteiger partial charge is 0.478 e. The summed E-state index contributed by atoms with van der Waals surface area (Å²) in [6.45, 7) is 0. The van der Waals surface area contributed by atoms with Gasteiger partial charge in [0.25, 0.3) is 0 Å². The molecule has 9 heteroatoms. The average molecular weight is 481 g/mol. The fourth-order valence-electron chi connectivity index (χ4n) is 3.92. The highest BCUT2D eigenvalue weighted by atomic mass is 32.2. The van der Waals surface area contributed by atoms with E-state index in [-0.39, 0.29) is 22.2 Å². The highest BCUT2D eigenvalue weighted by Crippen LogP contribution is 2.34. The Morgan fingerprint density at radius 3 is 2.50 bits per heavy atom. The van der Waals surface area contributed by atoms with Crippen molar-refractivity contribution in [1.29, 1.82) is 0 Å². The van der Waals surface area contributed by atoms with E-state index < -0.39 is 15.8 Å². The molecule has 0 amide bonds. The minimum atomic E-state index is -3.30. The second-order valence-electron chi connectivity index (χ2n) is 8.38. The summed E-state index contributed by atoms with van der Waals surface area (Å²) in [6.07, 6.45) is 5.05. The van der Waals surface area contributed by atoms with Crippen LogP contribution < -0.4 is 10.1 Å². The van der Waals surface area contributed by atoms with Gasteiger partial charge in [0.2, 0.25) is 0 Å². The van der Waals surface area contributed by atoms with Gasteiger partial charge in [-0.1, -0.05) is 0 Å². The molecule has 0 spiro atoms. The van der Waals surface area contributed by atoms with Gasteiger partial charge in [-0.25, -0.2) is 18.2 Å². The van der Waals surface area contributed by atoms with Crippen LogP contribution in [0.5, 0.6) is 11.5 Å². The molecule has 0 saturated heterocycles. The van der Waals surface area contributed by atoms with Crippen molar-refractivity contribution in [2.24, 2.45) is 5.92 Å². The minimum Gasteiger partial charge on any atom is -0.478 e. The van der Waals surface area contributed by atoms with Gasteiger partial charge in [-0.15, -0.1) is 0 Å². The maximum atomic E-state index is 11.8. The number of anilines is 2. The van der Waals surface area contributed by atoms with Crippen molar-refractivity contribution in [3.8, 4) is 11.5 Å². The van der Waals surface area contributed by atoms with Crippen molar-refractivity contribution in [2.75, 3.05) is 11.6 Å². The first-order chi connectivity index (χ1) is 16.2. The molecule has 1 heterocycles. The number of aromatic carboxylic acids is 1. The Labute approximate surface area is 197 Å². The highest BCUT2D eigenvalue weighted by molar-refractivity contribution is 7.90. The Bertz CT molecular complexity index is 1320. The van der Waals surface area contributed by atoms with Gasteiger partial charge in [0.15, 0.2) is 9.84 Å². The molecule has 1 unspecified atom stereocenters. The molecule has 1 aliphatic carbocycles. The van der Waals surface area contributed by atoms with Crippen LogP contribution in [0.1, 0.15) is 35.2 Å². The number of Topliss-reactive ketones (excluding diaryl/α,β-unsaturated/α-hetero) is 1. The third-order valence-electron chi connectivity index (χ3n) is 5.68.